The zero-order valence-electron chi connectivity index (χ0n) is 22.1. The van der Waals surface area contributed by atoms with Crippen LogP contribution in [0.4, 0.5) is 0 Å². The molecule has 1 aliphatic heterocycles. The molecule has 0 N–H and O–H groups in total. The molecule has 36 heavy (non-hydrogen) atoms. The molecule has 0 saturated carbocycles. The van der Waals surface area contributed by atoms with Gasteiger partial charge in [-0.15, -0.1) is 0 Å². The van der Waals surface area contributed by atoms with E-state index < -0.39 is 0 Å². The van der Waals surface area contributed by atoms with Crippen LogP contribution < -0.4 is 4.74 Å². The van der Waals surface area contributed by atoms with Crippen LogP contribution in [0.15, 0.2) is 91.0 Å². The van der Waals surface area contributed by atoms with Crippen LogP contribution >= 0.6 is 0 Å². The van der Waals surface area contributed by atoms with E-state index >= 15 is 0 Å². The summed E-state index contributed by atoms with van der Waals surface area (Å²) in [6.07, 6.45) is 3.59. The van der Waals surface area contributed by atoms with Crippen LogP contribution in [0.1, 0.15) is 36.1 Å². The quantitative estimate of drug-likeness (QED) is 0.342. The molecule has 0 aliphatic carbocycles. The van der Waals surface area contributed by atoms with Gasteiger partial charge in [0.15, 0.2) is 0 Å². The van der Waals surface area contributed by atoms with Crippen LogP contribution in [0.25, 0.3) is 5.57 Å². The third-order valence-corrected chi connectivity index (χ3v) is 7.36. The molecule has 1 fully saturated rings. The number of benzene rings is 3. The van der Waals surface area contributed by atoms with Gasteiger partial charge in [0.05, 0.1) is 7.11 Å². The first kappa shape index (κ1) is 26.2. The summed E-state index contributed by atoms with van der Waals surface area (Å²) < 4.78 is 5.39. The number of likely N-dealkylation sites (N-methyl/N-ethyl adjacent to an activating group) is 1. The molecule has 4 heteroatoms. The second-order valence-electron chi connectivity index (χ2n) is 9.79. The van der Waals surface area contributed by atoms with Crippen molar-refractivity contribution in [3.63, 3.8) is 0 Å². The van der Waals surface area contributed by atoms with Crippen molar-refractivity contribution in [2.24, 2.45) is 0 Å². The number of hydrogen-bond donors (Lipinski definition) is 0. The monoisotopic (exact) mass is 483 g/mol. The van der Waals surface area contributed by atoms with Crippen molar-refractivity contribution in [2.75, 3.05) is 60.0 Å². The van der Waals surface area contributed by atoms with Gasteiger partial charge in [0.1, 0.15) is 5.75 Å². The highest BCUT2D eigenvalue weighted by Crippen LogP contribution is 2.26. The van der Waals surface area contributed by atoms with Gasteiger partial charge in [-0.1, -0.05) is 78.9 Å². The number of nitrogens with zero attached hydrogens (tertiary/aromatic N) is 3. The number of rotatable bonds is 11. The van der Waals surface area contributed by atoms with Crippen LogP contribution in [-0.2, 0) is 0 Å². The number of piperazine rings is 1. The van der Waals surface area contributed by atoms with E-state index in [2.05, 4.69) is 120 Å². The fourth-order valence-electron chi connectivity index (χ4n) is 4.95. The fraction of sp³-hybridized carbons (Fsp3) is 0.375. The fourth-order valence-corrected chi connectivity index (χ4v) is 4.95. The lowest BCUT2D eigenvalue weighted by molar-refractivity contribution is 0.142. The van der Waals surface area contributed by atoms with Crippen molar-refractivity contribution < 1.29 is 4.74 Å². The Labute approximate surface area is 217 Å². The van der Waals surface area contributed by atoms with Gasteiger partial charge >= 0.3 is 0 Å². The molecule has 0 aromatic heterocycles. The molecule has 0 radical (unpaired) electrons. The lowest BCUT2D eigenvalue weighted by Gasteiger charge is -2.34. The van der Waals surface area contributed by atoms with E-state index in [0.29, 0.717) is 6.04 Å². The van der Waals surface area contributed by atoms with Crippen LogP contribution in [-0.4, -0.2) is 74.7 Å². The van der Waals surface area contributed by atoms with Crippen LogP contribution in [0, 0.1) is 0 Å². The summed E-state index contributed by atoms with van der Waals surface area (Å²) in [5.74, 6) is 0.905. The maximum absolute atomic E-state index is 5.39. The predicted molar refractivity (Wildman–Crippen MR) is 151 cm³/mol. The van der Waals surface area contributed by atoms with Crippen molar-refractivity contribution in [3.05, 3.63) is 108 Å². The number of methoxy groups -OCH3 is 1. The smallest absolute Gasteiger partial charge is 0.118 e. The first-order chi connectivity index (χ1) is 17.6. The standard InChI is InChI=1S/C32H41N3O/c1-27(28-15-17-31(36-3)18-16-28)35(21-10-20-34-25-23-33(2)24-26-34)22-19-32(29-11-6-4-7-12-29)30-13-8-5-9-14-30/h4-9,11-19,27H,10,20-26H2,1-3H3. The minimum Gasteiger partial charge on any atom is -0.497 e. The zero-order valence-corrected chi connectivity index (χ0v) is 22.1. The SMILES string of the molecule is COc1ccc(C(C)N(CC=C(c2ccccc2)c2ccccc2)CCCN2CCN(C)CC2)cc1. The molecule has 1 saturated heterocycles. The molecule has 4 nitrogen and oxygen atoms in total. The van der Waals surface area contributed by atoms with Gasteiger partial charge < -0.3 is 14.5 Å². The highest BCUT2D eigenvalue weighted by Gasteiger charge is 2.18. The Kier molecular flexibility index (Phi) is 9.74. The third-order valence-electron chi connectivity index (χ3n) is 7.36. The Bertz CT molecular complexity index is 1020. The molecular weight excluding hydrogens is 442 g/mol. The summed E-state index contributed by atoms with van der Waals surface area (Å²) in [4.78, 5) is 7.66. The van der Waals surface area contributed by atoms with Crippen molar-refractivity contribution in [2.45, 2.75) is 19.4 Å². The second kappa shape index (κ2) is 13.4. The van der Waals surface area contributed by atoms with E-state index in [1.165, 1.54) is 54.9 Å². The predicted octanol–water partition coefficient (Wildman–Crippen LogP) is 5.83. The highest BCUT2D eigenvalue weighted by atomic mass is 16.5. The van der Waals surface area contributed by atoms with E-state index in [1.54, 1.807) is 7.11 Å². The van der Waals surface area contributed by atoms with Crippen molar-refractivity contribution in [1.29, 1.82) is 0 Å². The highest BCUT2D eigenvalue weighted by molar-refractivity contribution is 5.79. The molecule has 1 atom stereocenters. The van der Waals surface area contributed by atoms with Crippen molar-refractivity contribution in [1.82, 2.24) is 14.7 Å². The average molecular weight is 484 g/mol. The first-order valence-electron chi connectivity index (χ1n) is 13.2. The third kappa shape index (κ3) is 7.30. The van der Waals surface area contributed by atoms with Gasteiger partial charge in [-0.2, -0.15) is 0 Å². The minimum atomic E-state index is 0.312. The van der Waals surface area contributed by atoms with Gasteiger partial charge in [-0.05, 0) is 61.3 Å². The number of ether oxygens (including phenoxy) is 1. The van der Waals surface area contributed by atoms with Gasteiger partial charge in [-0.3, -0.25) is 4.90 Å². The molecule has 3 aromatic carbocycles. The Hall–Kier alpha value is -2.92. The zero-order chi connectivity index (χ0) is 25.2. The molecule has 0 amide bonds. The molecule has 3 aromatic rings. The molecule has 1 aliphatic rings. The summed E-state index contributed by atoms with van der Waals surface area (Å²) in [5, 5.41) is 0. The molecule has 1 heterocycles. The molecule has 4 rings (SSSR count). The Morgan fingerprint density at radius 1 is 0.861 bits per heavy atom. The average Bonchev–Trinajstić information content (AvgIpc) is 2.94. The largest absolute Gasteiger partial charge is 0.497 e. The molecular formula is C32H41N3O. The van der Waals surface area contributed by atoms with E-state index in [1.807, 2.05) is 0 Å². The van der Waals surface area contributed by atoms with Crippen LogP contribution in [0.3, 0.4) is 0 Å². The first-order valence-corrected chi connectivity index (χ1v) is 13.2. The summed E-state index contributed by atoms with van der Waals surface area (Å²) >= 11 is 0. The van der Waals surface area contributed by atoms with Crippen LogP contribution in [0.5, 0.6) is 5.75 Å². The Balaban J connectivity index is 1.53. The topological polar surface area (TPSA) is 19.0 Å². The summed E-state index contributed by atoms with van der Waals surface area (Å²) in [7, 11) is 3.95. The lowest BCUT2D eigenvalue weighted by atomic mass is 9.97. The lowest BCUT2D eigenvalue weighted by Crippen LogP contribution is -2.45. The second-order valence-corrected chi connectivity index (χ2v) is 9.79. The van der Waals surface area contributed by atoms with E-state index in [4.69, 9.17) is 4.74 Å². The van der Waals surface area contributed by atoms with Crippen molar-refractivity contribution in [3.8, 4) is 5.75 Å². The maximum atomic E-state index is 5.39. The molecule has 0 spiro atoms. The molecule has 0 bridgehead atoms. The minimum absolute atomic E-state index is 0.312. The summed E-state index contributed by atoms with van der Waals surface area (Å²) in [5.41, 5.74) is 5.14. The summed E-state index contributed by atoms with van der Waals surface area (Å²) in [6, 6.07) is 30.4. The van der Waals surface area contributed by atoms with E-state index in [-0.39, 0.29) is 0 Å². The van der Waals surface area contributed by atoms with Crippen LogP contribution in [0.2, 0.25) is 0 Å². The Morgan fingerprint density at radius 3 is 2.00 bits per heavy atom. The van der Waals surface area contributed by atoms with E-state index in [9.17, 15) is 0 Å². The molecule has 190 valence electrons. The van der Waals surface area contributed by atoms with Crippen molar-refractivity contribution >= 4 is 5.57 Å². The maximum Gasteiger partial charge on any atom is 0.118 e. The van der Waals surface area contributed by atoms with Gasteiger partial charge in [0.2, 0.25) is 0 Å². The number of hydrogen-bond acceptors (Lipinski definition) is 4. The van der Waals surface area contributed by atoms with Gasteiger partial charge in [0, 0.05) is 45.3 Å². The van der Waals surface area contributed by atoms with E-state index in [0.717, 1.165) is 25.4 Å². The normalized spacial score (nSPS) is 15.6. The summed E-state index contributed by atoms with van der Waals surface area (Å²) in [6.45, 7) is 10.2. The molecule has 1 unspecified atom stereocenters. The Morgan fingerprint density at radius 2 is 1.44 bits per heavy atom. The van der Waals surface area contributed by atoms with Gasteiger partial charge in [-0.25, -0.2) is 0 Å². The van der Waals surface area contributed by atoms with Gasteiger partial charge in [0.25, 0.3) is 0 Å².